The van der Waals surface area contributed by atoms with Gasteiger partial charge in [0.2, 0.25) is 5.91 Å². The summed E-state index contributed by atoms with van der Waals surface area (Å²) in [7, 11) is 0. The van der Waals surface area contributed by atoms with Crippen LogP contribution in [0.15, 0.2) is 78.9 Å². The third-order valence-electron chi connectivity index (χ3n) is 7.83. The van der Waals surface area contributed by atoms with E-state index < -0.39 is 34.9 Å². The zero-order valence-corrected chi connectivity index (χ0v) is 23.5. The number of aromatic hydroxyl groups is 1. The summed E-state index contributed by atoms with van der Waals surface area (Å²) in [6, 6.07) is 20.6. The number of aliphatic hydroxyl groups is 1. The van der Waals surface area contributed by atoms with Crippen molar-refractivity contribution in [1.29, 1.82) is 0 Å². The maximum absolute atomic E-state index is 13.7. The molecule has 0 spiro atoms. The predicted molar refractivity (Wildman–Crippen MR) is 154 cm³/mol. The molecule has 0 aliphatic carbocycles. The first-order chi connectivity index (χ1) is 19.6. The van der Waals surface area contributed by atoms with Gasteiger partial charge in [-0.25, -0.2) is 0 Å². The predicted octanol–water partition coefficient (Wildman–Crippen LogP) is 2.75. The van der Waals surface area contributed by atoms with E-state index in [0.29, 0.717) is 11.1 Å². The highest BCUT2D eigenvalue weighted by molar-refractivity contribution is 8.01. The van der Waals surface area contributed by atoms with Gasteiger partial charge in [0.05, 0.1) is 18.5 Å². The van der Waals surface area contributed by atoms with E-state index in [2.05, 4.69) is 5.32 Å². The molecule has 0 aromatic heterocycles. The number of fused-ring (bicyclic) bond motifs is 1. The van der Waals surface area contributed by atoms with E-state index in [9.17, 15) is 29.4 Å². The second kappa shape index (κ2) is 11.4. The second-order valence-electron chi connectivity index (χ2n) is 10.4. The Morgan fingerprint density at radius 2 is 1.68 bits per heavy atom. The molecule has 10 heteroatoms. The molecule has 4 atom stereocenters. The molecule has 2 aliphatic rings. The van der Waals surface area contributed by atoms with Crippen molar-refractivity contribution in [3.63, 3.8) is 0 Å². The van der Waals surface area contributed by atoms with Crippen molar-refractivity contribution in [3.05, 3.63) is 101 Å². The third-order valence-corrected chi connectivity index (χ3v) is 9.27. The zero-order chi connectivity index (χ0) is 29.3. The van der Waals surface area contributed by atoms with E-state index in [0.717, 1.165) is 5.56 Å². The Morgan fingerprint density at radius 1 is 1.02 bits per heavy atom. The lowest BCUT2D eigenvalue weighted by atomic mass is 9.92. The highest BCUT2D eigenvalue weighted by Crippen LogP contribution is 2.50. The van der Waals surface area contributed by atoms with Gasteiger partial charge in [0.25, 0.3) is 11.8 Å². The minimum absolute atomic E-state index is 0.0407. The molecule has 212 valence electrons. The highest BCUT2D eigenvalue weighted by atomic mass is 32.2. The summed E-state index contributed by atoms with van der Waals surface area (Å²) < 4.78 is 0. The highest BCUT2D eigenvalue weighted by Gasteiger charge is 2.65. The molecule has 5 rings (SSSR count). The van der Waals surface area contributed by atoms with Crippen LogP contribution in [0.5, 0.6) is 5.75 Å². The number of aliphatic hydroxyl groups excluding tert-OH is 1. The lowest BCUT2D eigenvalue weighted by molar-refractivity contribution is -0.166. The van der Waals surface area contributed by atoms with E-state index in [-0.39, 0.29) is 41.8 Å². The number of ketones is 1. The fourth-order valence-corrected chi connectivity index (χ4v) is 6.76. The van der Waals surface area contributed by atoms with Crippen LogP contribution in [-0.2, 0) is 16.0 Å². The number of carbonyl (C=O) groups is 4. The molecular weight excluding hydrogens is 542 g/mol. The number of benzene rings is 3. The number of hydrogen-bond donors (Lipinski definition) is 3. The topological polar surface area (TPSA) is 127 Å². The number of Topliss-reactive ketones (excluding diaryl/α,β-unsaturated/α-hetero) is 1. The molecule has 3 aromatic carbocycles. The van der Waals surface area contributed by atoms with Crippen LogP contribution in [0.4, 0.5) is 0 Å². The molecular formula is C31H31N3O6S. The first-order valence-corrected chi connectivity index (χ1v) is 14.3. The van der Waals surface area contributed by atoms with E-state index in [1.807, 2.05) is 43.3 Å². The van der Waals surface area contributed by atoms with Crippen molar-refractivity contribution in [2.75, 3.05) is 12.4 Å². The maximum atomic E-state index is 13.7. The van der Waals surface area contributed by atoms with Gasteiger partial charge in [-0.3, -0.25) is 19.2 Å². The summed E-state index contributed by atoms with van der Waals surface area (Å²) in [5.74, 6) is -1.67. The Morgan fingerprint density at radius 3 is 2.37 bits per heavy atom. The number of nitrogens with one attached hydrogen (secondary N) is 1. The summed E-state index contributed by atoms with van der Waals surface area (Å²) in [6.45, 7) is 3.32. The van der Waals surface area contributed by atoms with Gasteiger partial charge >= 0.3 is 0 Å². The monoisotopic (exact) mass is 573 g/mol. The number of nitrogens with zero attached hydrogens (tertiary/aromatic N) is 2. The van der Waals surface area contributed by atoms with Gasteiger partial charge in [0, 0.05) is 16.7 Å². The molecule has 0 radical (unpaired) electrons. The Bertz CT molecular complexity index is 1480. The van der Waals surface area contributed by atoms with E-state index in [4.69, 9.17) is 0 Å². The fourth-order valence-electron chi connectivity index (χ4n) is 5.38. The molecule has 2 heterocycles. The van der Waals surface area contributed by atoms with E-state index in [1.165, 1.54) is 27.6 Å². The Hall–Kier alpha value is -4.15. The van der Waals surface area contributed by atoms with Gasteiger partial charge in [-0.1, -0.05) is 66.7 Å². The summed E-state index contributed by atoms with van der Waals surface area (Å²) in [6.07, 6.45) is -1.49. The van der Waals surface area contributed by atoms with Crippen molar-refractivity contribution in [2.45, 2.75) is 43.3 Å². The van der Waals surface area contributed by atoms with Crippen LogP contribution in [0.25, 0.3) is 0 Å². The molecule has 3 N–H and O–H groups in total. The lowest BCUT2D eigenvalue weighted by Crippen LogP contribution is -2.74. The Labute approximate surface area is 242 Å². The number of phenols is 1. The largest absolute Gasteiger partial charge is 0.508 e. The number of rotatable bonds is 9. The van der Waals surface area contributed by atoms with Crippen molar-refractivity contribution in [3.8, 4) is 5.75 Å². The first-order valence-electron chi connectivity index (χ1n) is 13.3. The van der Waals surface area contributed by atoms with Crippen molar-refractivity contribution in [1.82, 2.24) is 15.1 Å². The number of β-lactam (4-membered cyclic amide) rings is 1. The quantitative estimate of drug-likeness (QED) is 0.265. The van der Waals surface area contributed by atoms with Crippen LogP contribution in [-0.4, -0.2) is 79.0 Å². The molecule has 3 aromatic rings. The standard InChI is InChI=1S/C31H31N3O6S/c1-19-22(14-9-15-24(19)35)28(38)32-23(16-20-10-5-3-6-11-20)26(37)29(39)33-18-41-31(2)27(33)30(40)34(31)17-25(36)21-12-7-4-8-13-21/h3-15,23,26-27,35,37H,16-18H2,1-2H3,(H,32,38)/t23-,26-,27+,31?/m0/s1. The number of likely N-dealkylation sites (tertiary alicyclic amines) is 1. The van der Waals surface area contributed by atoms with Crippen LogP contribution in [0.2, 0.25) is 0 Å². The van der Waals surface area contributed by atoms with Crippen LogP contribution in [0, 0.1) is 6.92 Å². The maximum Gasteiger partial charge on any atom is 0.255 e. The number of carbonyl (C=O) groups excluding carboxylic acids is 4. The average Bonchev–Trinajstić information content (AvgIpc) is 3.30. The third kappa shape index (κ3) is 5.32. The first kappa shape index (κ1) is 28.4. The van der Waals surface area contributed by atoms with Crippen LogP contribution in [0.1, 0.15) is 38.8 Å². The second-order valence-corrected chi connectivity index (χ2v) is 11.8. The molecule has 2 aliphatic heterocycles. The van der Waals surface area contributed by atoms with Gasteiger partial charge in [0.15, 0.2) is 11.9 Å². The summed E-state index contributed by atoms with van der Waals surface area (Å²) in [5, 5.41) is 24.2. The van der Waals surface area contributed by atoms with Crippen LogP contribution >= 0.6 is 11.8 Å². The van der Waals surface area contributed by atoms with Gasteiger partial charge in [-0.2, -0.15) is 0 Å². The van der Waals surface area contributed by atoms with E-state index >= 15 is 0 Å². The van der Waals surface area contributed by atoms with Gasteiger partial charge < -0.3 is 25.3 Å². The smallest absolute Gasteiger partial charge is 0.255 e. The lowest BCUT2D eigenvalue weighted by Gasteiger charge is -2.52. The number of thioether (sulfide) groups is 1. The minimum atomic E-state index is -1.65. The molecule has 2 saturated heterocycles. The molecule has 1 unspecified atom stereocenters. The van der Waals surface area contributed by atoms with Crippen molar-refractivity contribution < 1.29 is 29.4 Å². The van der Waals surface area contributed by atoms with Crippen LogP contribution in [0.3, 0.4) is 0 Å². The summed E-state index contributed by atoms with van der Waals surface area (Å²) in [5.41, 5.74) is 1.89. The molecule has 0 bridgehead atoms. The van der Waals surface area contributed by atoms with Gasteiger partial charge in [-0.15, -0.1) is 11.8 Å². The summed E-state index contributed by atoms with van der Waals surface area (Å²) in [4.78, 5) is 54.9. The van der Waals surface area contributed by atoms with Crippen molar-refractivity contribution in [2.24, 2.45) is 0 Å². The Kier molecular flexibility index (Phi) is 7.88. The zero-order valence-electron chi connectivity index (χ0n) is 22.7. The molecule has 2 fully saturated rings. The normalized spacial score (nSPS) is 21.0. The van der Waals surface area contributed by atoms with Crippen LogP contribution < -0.4 is 5.32 Å². The van der Waals surface area contributed by atoms with Gasteiger partial charge in [-0.05, 0) is 38.0 Å². The number of phenolic OH excluding ortho intramolecular Hbond substituents is 1. The Balaban J connectivity index is 1.33. The van der Waals surface area contributed by atoms with E-state index in [1.54, 1.807) is 43.3 Å². The summed E-state index contributed by atoms with van der Waals surface area (Å²) >= 11 is 1.36. The molecule has 3 amide bonds. The van der Waals surface area contributed by atoms with Crippen molar-refractivity contribution >= 4 is 35.3 Å². The molecule has 9 nitrogen and oxygen atoms in total. The average molecular weight is 574 g/mol. The fraction of sp³-hybridized carbons (Fsp3) is 0.290. The number of hydrogen-bond acceptors (Lipinski definition) is 7. The van der Waals surface area contributed by atoms with Gasteiger partial charge in [0.1, 0.15) is 16.7 Å². The SMILES string of the molecule is Cc1c(O)cccc1C(=O)N[C@@H](Cc1ccccc1)[C@H](O)C(=O)N1CSC2(C)[C@H]1C(=O)N2CC(=O)c1ccccc1. The molecule has 0 saturated carbocycles. The number of amides is 3. The molecule has 41 heavy (non-hydrogen) atoms. The minimum Gasteiger partial charge on any atom is -0.508 e.